The Morgan fingerprint density at radius 2 is 1.85 bits per heavy atom. The largest absolute Gasteiger partial charge is 0.495 e. The number of hydrogen-bond acceptors (Lipinski definition) is 7. The van der Waals surface area contributed by atoms with Gasteiger partial charge in [-0.1, -0.05) is 24.3 Å². The van der Waals surface area contributed by atoms with E-state index >= 15 is 0 Å². The van der Waals surface area contributed by atoms with E-state index in [2.05, 4.69) is 10.6 Å². The summed E-state index contributed by atoms with van der Waals surface area (Å²) in [6.07, 6.45) is 2.65. The summed E-state index contributed by atoms with van der Waals surface area (Å²) in [6.45, 7) is 2.75. The van der Waals surface area contributed by atoms with Gasteiger partial charge in [-0.3, -0.25) is 4.79 Å². The molecule has 2 aliphatic rings. The van der Waals surface area contributed by atoms with Gasteiger partial charge >= 0.3 is 0 Å². The third-order valence-electron chi connectivity index (χ3n) is 7.85. The topological polar surface area (TPSA) is 120 Å². The summed E-state index contributed by atoms with van der Waals surface area (Å²) in [5.74, 6) is 0.651. The smallest absolute Gasteiger partial charge is 0.246 e. The molecule has 2 saturated heterocycles. The second-order valence-electron chi connectivity index (χ2n) is 10.3. The van der Waals surface area contributed by atoms with Gasteiger partial charge in [-0.15, -0.1) is 0 Å². The zero-order valence-corrected chi connectivity index (χ0v) is 23.3. The highest BCUT2D eigenvalue weighted by atomic mass is 32.2. The predicted molar refractivity (Wildman–Crippen MR) is 148 cm³/mol. The quantitative estimate of drug-likeness (QED) is 0.403. The number of imidazole rings is 1. The van der Waals surface area contributed by atoms with Crippen LogP contribution >= 0.6 is 0 Å². The summed E-state index contributed by atoms with van der Waals surface area (Å²) in [6, 6.07) is 14.0. The van der Waals surface area contributed by atoms with Crippen LogP contribution in [0, 0.1) is 5.92 Å². The summed E-state index contributed by atoms with van der Waals surface area (Å²) >= 11 is 0. The number of ether oxygens (including phenoxy) is 2. The highest BCUT2D eigenvalue weighted by molar-refractivity contribution is 7.89. The van der Waals surface area contributed by atoms with E-state index in [1.54, 1.807) is 25.3 Å². The number of carbonyl (C=O) groups excluding carboxylic acids is 1. The van der Waals surface area contributed by atoms with Crippen LogP contribution in [0.15, 0.2) is 53.4 Å². The van der Waals surface area contributed by atoms with Crippen molar-refractivity contribution in [1.82, 2.24) is 18.8 Å². The van der Waals surface area contributed by atoms with Crippen LogP contribution in [0.3, 0.4) is 0 Å². The number of amides is 1. The lowest BCUT2D eigenvalue weighted by molar-refractivity contribution is -0.136. The van der Waals surface area contributed by atoms with Gasteiger partial charge in [0.15, 0.2) is 0 Å². The number of rotatable bonds is 9. The van der Waals surface area contributed by atoms with Crippen LogP contribution in [-0.4, -0.2) is 86.1 Å². The van der Waals surface area contributed by atoms with Crippen molar-refractivity contribution in [1.29, 1.82) is 0 Å². The number of hydrogen-bond donors (Lipinski definition) is 1. The van der Waals surface area contributed by atoms with Gasteiger partial charge in [-0.2, -0.15) is 4.31 Å². The first-order valence-corrected chi connectivity index (χ1v) is 14.9. The number of para-hydroxylation sites is 3. The number of sulfonamides is 1. The molecular weight excluding hydrogens is 518 g/mol. The molecule has 0 radical (unpaired) electrons. The molecule has 3 aromatic rings. The number of methoxy groups -OCH3 is 2. The number of likely N-dealkylation sites (tertiary alicyclic amines) is 1. The molecule has 1 aromatic heterocycles. The molecule has 1 unspecified atom stereocenters. The first-order chi connectivity index (χ1) is 18.8. The first-order valence-electron chi connectivity index (χ1n) is 13.5. The van der Waals surface area contributed by atoms with Gasteiger partial charge in [0.05, 0.1) is 24.1 Å². The minimum absolute atomic E-state index is 0.0527. The second kappa shape index (κ2) is 11.6. The zero-order valence-electron chi connectivity index (χ0n) is 22.5. The average Bonchev–Trinajstić information content (AvgIpc) is 3.54. The van der Waals surface area contributed by atoms with Gasteiger partial charge in [0.25, 0.3) is 0 Å². The van der Waals surface area contributed by atoms with E-state index in [0.717, 1.165) is 42.7 Å². The van der Waals surface area contributed by atoms with E-state index in [1.807, 2.05) is 23.1 Å². The highest BCUT2D eigenvalue weighted by Crippen LogP contribution is 2.33. The van der Waals surface area contributed by atoms with E-state index in [1.165, 1.54) is 17.5 Å². The number of aromatic nitrogens is 2. The zero-order chi connectivity index (χ0) is 27.6. The molecule has 210 valence electrons. The van der Waals surface area contributed by atoms with E-state index in [-0.39, 0.29) is 35.6 Å². The van der Waals surface area contributed by atoms with Gasteiger partial charge in [0, 0.05) is 58.4 Å². The molecule has 2 fully saturated rings. The molecule has 0 aliphatic carbocycles. The molecule has 5 rings (SSSR count). The number of nitrogens with two attached hydrogens (primary N) is 1. The lowest BCUT2D eigenvalue weighted by Gasteiger charge is -2.35. The Morgan fingerprint density at radius 1 is 1.08 bits per heavy atom. The molecule has 39 heavy (non-hydrogen) atoms. The lowest BCUT2D eigenvalue weighted by Crippen LogP contribution is -2.47. The summed E-state index contributed by atoms with van der Waals surface area (Å²) < 4.78 is 41.0. The average molecular weight is 556 g/mol. The van der Waals surface area contributed by atoms with Crippen LogP contribution < -0.4 is 10.5 Å². The Bertz CT molecular complexity index is 1420. The molecule has 10 nitrogen and oxygen atoms in total. The monoisotopic (exact) mass is 555 g/mol. The van der Waals surface area contributed by atoms with E-state index in [4.69, 9.17) is 20.2 Å². The maximum Gasteiger partial charge on any atom is 0.246 e. The maximum absolute atomic E-state index is 13.7. The van der Waals surface area contributed by atoms with Crippen molar-refractivity contribution in [3.05, 3.63) is 54.4 Å². The van der Waals surface area contributed by atoms with Gasteiger partial charge in [0.2, 0.25) is 15.9 Å². The van der Waals surface area contributed by atoms with Gasteiger partial charge < -0.3 is 24.7 Å². The van der Waals surface area contributed by atoms with Crippen molar-refractivity contribution in [2.45, 2.75) is 42.7 Å². The molecule has 2 aliphatic heterocycles. The van der Waals surface area contributed by atoms with E-state index in [9.17, 15) is 13.2 Å². The molecule has 3 atom stereocenters. The minimum Gasteiger partial charge on any atom is -0.495 e. The Kier molecular flexibility index (Phi) is 8.22. The fraction of sp³-hybridized carbons (Fsp3) is 0.500. The number of fused-ring (bicyclic) bond motifs is 1. The van der Waals surface area contributed by atoms with Crippen molar-refractivity contribution in [3.63, 3.8) is 0 Å². The van der Waals surface area contributed by atoms with Crippen LogP contribution in [-0.2, 0) is 26.1 Å². The predicted octanol–water partition coefficient (Wildman–Crippen LogP) is 2.44. The highest BCUT2D eigenvalue weighted by Gasteiger charge is 2.44. The number of nitrogens with zero attached hydrogens (tertiary/aromatic N) is 4. The van der Waals surface area contributed by atoms with Crippen molar-refractivity contribution >= 4 is 27.0 Å². The van der Waals surface area contributed by atoms with E-state index in [0.29, 0.717) is 19.7 Å². The number of aryl methyl sites for hydroxylation is 1. The van der Waals surface area contributed by atoms with Gasteiger partial charge in [-0.25, -0.2) is 13.4 Å². The van der Waals surface area contributed by atoms with Crippen molar-refractivity contribution in [3.8, 4) is 5.75 Å². The summed E-state index contributed by atoms with van der Waals surface area (Å²) in [5, 5.41) is 0. The van der Waals surface area contributed by atoms with Gasteiger partial charge in [-0.05, 0) is 43.5 Å². The van der Waals surface area contributed by atoms with Crippen molar-refractivity contribution in [2.75, 3.05) is 47.0 Å². The fourth-order valence-corrected chi connectivity index (χ4v) is 7.51. The number of carbonyl (C=O) groups is 1. The molecule has 1 amide bonds. The Labute approximate surface area is 229 Å². The third-order valence-corrected chi connectivity index (χ3v) is 9.72. The number of piperidine rings is 1. The fourth-order valence-electron chi connectivity index (χ4n) is 5.85. The maximum atomic E-state index is 13.7. The van der Waals surface area contributed by atoms with Crippen LogP contribution in [0.4, 0.5) is 0 Å². The lowest BCUT2D eigenvalue weighted by atomic mass is 9.94. The molecule has 2 N–H and O–H groups in total. The second-order valence-corrected chi connectivity index (χ2v) is 12.2. The molecule has 0 bridgehead atoms. The Balaban J connectivity index is 1.33. The van der Waals surface area contributed by atoms with Crippen LogP contribution in [0.5, 0.6) is 5.75 Å². The van der Waals surface area contributed by atoms with Crippen LogP contribution in [0.25, 0.3) is 11.0 Å². The van der Waals surface area contributed by atoms with Crippen molar-refractivity contribution < 1.29 is 22.7 Å². The summed E-state index contributed by atoms with van der Waals surface area (Å²) in [5.41, 5.74) is 8.43. The third kappa shape index (κ3) is 5.41. The number of benzene rings is 2. The van der Waals surface area contributed by atoms with Crippen LogP contribution in [0.2, 0.25) is 0 Å². The van der Waals surface area contributed by atoms with Crippen LogP contribution in [0.1, 0.15) is 31.0 Å². The Morgan fingerprint density at radius 3 is 2.64 bits per heavy atom. The van der Waals surface area contributed by atoms with Crippen molar-refractivity contribution in [2.24, 2.45) is 11.7 Å². The molecule has 11 heteroatoms. The molecule has 2 aromatic carbocycles. The summed E-state index contributed by atoms with van der Waals surface area (Å²) in [7, 11) is -0.721. The molecule has 0 spiro atoms. The Hall–Kier alpha value is -2.99. The first kappa shape index (κ1) is 27.6. The molecule has 0 saturated carbocycles. The molecule has 3 heterocycles. The van der Waals surface area contributed by atoms with E-state index < -0.39 is 22.0 Å². The minimum atomic E-state index is -3.86. The standard InChI is InChI=1S/C28H37N5O5S/c1-37-16-8-15-33-24-11-4-3-10-23(24)30-27(33)20-9-7-14-31(17-20)28(34)21-18-32(19-22(21)29)39(35,36)26-13-6-5-12-25(26)38-2/h3-6,10-13,20-22H,7-9,14-19,29H2,1-2H3/t20?,21-,22-/m1/s1. The van der Waals surface area contributed by atoms with Gasteiger partial charge in [0.1, 0.15) is 16.5 Å². The molecular formula is C28H37N5O5S. The normalized spacial score (nSPS) is 22.4. The summed E-state index contributed by atoms with van der Waals surface area (Å²) in [4.78, 5) is 20.7. The SMILES string of the molecule is COCCCn1c(C2CCCN(C(=O)[C@@H]3CN(S(=O)(=O)c4ccccc4OC)C[C@H]3N)C2)nc2ccccc21.